The predicted octanol–water partition coefficient (Wildman–Crippen LogP) is 1.23. The third-order valence-electron chi connectivity index (χ3n) is 6.76. The average molecular weight is 401 g/mol. The Kier molecular flexibility index (Phi) is 6.45. The Hall–Kier alpha value is -1.99. The van der Waals surface area contributed by atoms with Crippen LogP contribution in [0.15, 0.2) is 24.5 Å². The largest absolute Gasteiger partial charge is 0.378 e. The van der Waals surface area contributed by atoms with Gasteiger partial charge in [-0.2, -0.15) is 0 Å². The summed E-state index contributed by atoms with van der Waals surface area (Å²) in [5, 5.41) is 3.36. The zero-order chi connectivity index (χ0) is 20.1. The Bertz CT molecular complexity index is 697. The van der Waals surface area contributed by atoms with Gasteiger partial charge in [-0.3, -0.25) is 14.6 Å². The summed E-state index contributed by atoms with van der Waals surface area (Å²) in [7, 11) is 0. The molecule has 1 aromatic rings. The van der Waals surface area contributed by atoms with E-state index < -0.39 is 0 Å². The first-order valence-electron chi connectivity index (χ1n) is 10.9. The van der Waals surface area contributed by atoms with Crippen LogP contribution in [-0.2, 0) is 20.7 Å². The Morgan fingerprint density at radius 3 is 2.76 bits per heavy atom. The van der Waals surface area contributed by atoms with Crippen LogP contribution in [0.5, 0.6) is 0 Å². The number of amides is 2. The van der Waals surface area contributed by atoms with Crippen LogP contribution in [0.4, 0.5) is 0 Å². The summed E-state index contributed by atoms with van der Waals surface area (Å²) in [6.45, 7) is 5.38. The van der Waals surface area contributed by atoms with Crippen molar-refractivity contribution in [3.63, 3.8) is 0 Å². The molecule has 158 valence electrons. The van der Waals surface area contributed by atoms with Crippen LogP contribution in [-0.4, -0.2) is 78.6 Å². The van der Waals surface area contributed by atoms with E-state index in [0.29, 0.717) is 19.4 Å². The number of morpholine rings is 1. The fourth-order valence-corrected chi connectivity index (χ4v) is 4.85. The van der Waals surface area contributed by atoms with Gasteiger partial charge in [-0.15, -0.1) is 0 Å². The van der Waals surface area contributed by atoms with Gasteiger partial charge in [0, 0.05) is 64.0 Å². The molecule has 0 bridgehead atoms. The zero-order valence-corrected chi connectivity index (χ0v) is 17.1. The van der Waals surface area contributed by atoms with Crippen molar-refractivity contribution >= 4 is 11.8 Å². The molecule has 29 heavy (non-hydrogen) atoms. The van der Waals surface area contributed by atoms with Gasteiger partial charge in [-0.25, -0.2) is 0 Å². The first-order valence-corrected chi connectivity index (χ1v) is 10.9. The van der Waals surface area contributed by atoms with E-state index in [1.807, 2.05) is 21.9 Å². The molecule has 1 spiro atoms. The van der Waals surface area contributed by atoms with Gasteiger partial charge >= 0.3 is 0 Å². The fourth-order valence-electron chi connectivity index (χ4n) is 4.85. The van der Waals surface area contributed by atoms with Crippen molar-refractivity contribution in [3.05, 3.63) is 30.1 Å². The van der Waals surface area contributed by atoms with Crippen molar-refractivity contribution in [3.8, 4) is 0 Å². The molecule has 1 unspecified atom stereocenters. The van der Waals surface area contributed by atoms with Crippen molar-refractivity contribution in [2.24, 2.45) is 5.41 Å². The lowest BCUT2D eigenvalue weighted by atomic mass is 9.72. The molecule has 0 aliphatic carbocycles. The molecule has 7 nitrogen and oxygen atoms in total. The highest BCUT2D eigenvalue weighted by Crippen LogP contribution is 2.40. The molecule has 0 saturated carbocycles. The quantitative estimate of drug-likeness (QED) is 0.805. The third-order valence-corrected chi connectivity index (χ3v) is 6.76. The Labute approximate surface area is 172 Å². The first kappa shape index (κ1) is 20.3. The minimum absolute atomic E-state index is 0.142. The van der Waals surface area contributed by atoms with E-state index in [-0.39, 0.29) is 23.3 Å². The summed E-state index contributed by atoms with van der Waals surface area (Å²) >= 11 is 0. The summed E-state index contributed by atoms with van der Waals surface area (Å²) in [5.41, 5.74) is 1.39. The number of aromatic nitrogens is 1. The van der Waals surface area contributed by atoms with E-state index in [2.05, 4.69) is 10.3 Å². The standard InChI is InChI=1S/C22H32N4O3/c27-20-1-5-22(17-26(20)11-4-18-2-8-23-9-3-18)6-12-25(13-7-22)21(28)15-19-16-29-14-10-24-19/h2-3,8-9,19,24H,1,4-7,10-17H2. The van der Waals surface area contributed by atoms with Crippen LogP contribution < -0.4 is 5.32 Å². The van der Waals surface area contributed by atoms with Crippen molar-refractivity contribution in [2.75, 3.05) is 45.9 Å². The molecular weight excluding hydrogens is 368 g/mol. The van der Waals surface area contributed by atoms with Gasteiger partial charge in [0.25, 0.3) is 0 Å². The number of nitrogens with one attached hydrogen (secondary N) is 1. The maximum atomic E-state index is 12.7. The normalized spacial score (nSPS) is 24.7. The average Bonchev–Trinajstić information content (AvgIpc) is 2.76. The smallest absolute Gasteiger partial charge is 0.224 e. The summed E-state index contributed by atoms with van der Waals surface area (Å²) in [6, 6.07) is 4.17. The molecule has 3 fully saturated rings. The van der Waals surface area contributed by atoms with Crippen LogP contribution in [0, 0.1) is 5.41 Å². The number of ether oxygens (including phenoxy) is 1. The maximum absolute atomic E-state index is 12.7. The summed E-state index contributed by atoms with van der Waals surface area (Å²) in [6.07, 6.45) is 8.56. The summed E-state index contributed by atoms with van der Waals surface area (Å²) < 4.78 is 5.46. The lowest BCUT2D eigenvalue weighted by molar-refractivity contribution is -0.142. The number of hydrogen-bond donors (Lipinski definition) is 1. The SMILES string of the molecule is O=C(CC1COCCN1)N1CCC2(CCC(=O)N(CCc3ccncc3)C2)CC1. The number of piperidine rings is 2. The Balaban J connectivity index is 1.27. The number of likely N-dealkylation sites (tertiary alicyclic amines) is 2. The van der Waals surface area contributed by atoms with E-state index in [0.717, 1.165) is 65.0 Å². The molecule has 1 atom stereocenters. The highest BCUT2D eigenvalue weighted by Gasteiger charge is 2.41. The molecular formula is C22H32N4O3. The molecule has 0 aromatic carbocycles. The lowest BCUT2D eigenvalue weighted by Gasteiger charge is -2.47. The van der Waals surface area contributed by atoms with Crippen LogP contribution in [0.25, 0.3) is 0 Å². The van der Waals surface area contributed by atoms with Crippen molar-refractivity contribution < 1.29 is 14.3 Å². The fraction of sp³-hybridized carbons (Fsp3) is 0.682. The van der Waals surface area contributed by atoms with Crippen molar-refractivity contribution in [1.82, 2.24) is 20.1 Å². The van der Waals surface area contributed by atoms with Gasteiger partial charge in [0.15, 0.2) is 0 Å². The highest BCUT2D eigenvalue weighted by molar-refractivity contribution is 5.78. The minimum Gasteiger partial charge on any atom is -0.378 e. The number of carbonyl (C=O) groups is 2. The van der Waals surface area contributed by atoms with Gasteiger partial charge in [0.1, 0.15) is 0 Å². The first-order chi connectivity index (χ1) is 14.1. The Morgan fingerprint density at radius 2 is 2.03 bits per heavy atom. The second-order valence-corrected chi connectivity index (χ2v) is 8.73. The number of pyridine rings is 1. The number of carbonyl (C=O) groups excluding carboxylic acids is 2. The van der Waals surface area contributed by atoms with Gasteiger partial charge in [-0.1, -0.05) is 0 Å². The molecule has 4 heterocycles. The van der Waals surface area contributed by atoms with E-state index in [1.165, 1.54) is 5.56 Å². The Morgan fingerprint density at radius 1 is 1.24 bits per heavy atom. The van der Waals surface area contributed by atoms with Gasteiger partial charge in [-0.05, 0) is 48.8 Å². The lowest BCUT2D eigenvalue weighted by Crippen LogP contribution is -2.53. The zero-order valence-electron chi connectivity index (χ0n) is 17.1. The maximum Gasteiger partial charge on any atom is 0.224 e. The molecule has 3 saturated heterocycles. The molecule has 3 aliphatic rings. The van der Waals surface area contributed by atoms with Crippen LogP contribution in [0.1, 0.15) is 37.7 Å². The van der Waals surface area contributed by atoms with Crippen molar-refractivity contribution in [1.29, 1.82) is 0 Å². The van der Waals surface area contributed by atoms with Crippen LogP contribution in [0.2, 0.25) is 0 Å². The molecule has 3 aliphatic heterocycles. The van der Waals surface area contributed by atoms with E-state index in [9.17, 15) is 9.59 Å². The summed E-state index contributed by atoms with van der Waals surface area (Å²) in [5.74, 6) is 0.496. The highest BCUT2D eigenvalue weighted by atomic mass is 16.5. The van der Waals surface area contributed by atoms with E-state index in [4.69, 9.17) is 4.74 Å². The predicted molar refractivity (Wildman–Crippen MR) is 109 cm³/mol. The number of rotatable bonds is 5. The van der Waals surface area contributed by atoms with Crippen LogP contribution >= 0.6 is 0 Å². The number of nitrogens with zero attached hydrogens (tertiary/aromatic N) is 3. The third kappa shape index (κ3) is 5.14. The monoisotopic (exact) mass is 400 g/mol. The summed E-state index contributed by atoms with van der Waals surface area (Å²) in [4.78, 5) is 33.3. The van der Waals surface area contributed by atoms with E-state index in [1.54, 1.807) is 12.4 Å². The second kappa shape index (κ2) is 9.22. The minimum atomic E-state index is 0.142. The van der Waals surface area contributed by atoms with Gasteiger partial charge < -0.3 is 19.9 Å². The van der Waals surface area contributed by atoms with Crippen LogP contribution in [0.3, 0.4) is 0 Å². The van der Waals surface area contributed by atoms with Crippen molar-refractivity contribution in [2.45, 2.75) is 44.6 Å². The second-order valence-electron chi connectivity index (χ2n) is 8.73. The molecule has 0 radical (unpaired) electrons. The molecule has 2 amide bonds. The molecule has 4 rings (SSSR count). The topological polar surface area (TPSA) is 74.8 Å². The van der Waals surface area contributed by atoms with Gasteiger partial charge in [0.05, 0.1) is 13.2 Å². The molecule has 7 heteroatoms. The molecule has 1 N–H and O–H groups in total. The number of hydrogen-bond acceptors (Lipinski definition) is 5. The molecule has 1 aromatic heterocycles. The van der Waals surface area contributed by atoms with Gasteiger partial charge in [0.2, 0.25) is 11.8 Å². The van der Waals surface area contributed by atoms with E-state index >= 15 is 0 Å².